The second-order valence-electron chi connectivity index (χ2n) is 3.90. The van der Waals surface area contributed by atoms with Crippen LogP contribution in [-0.4, -0.2) is 13.7 Å². The predicted molar refractivity (Wildman–Crippen MR) is 76.3 cm³/mol. The van der Waals surface area contributed by atoms with Gasteiger partial charge in [0.2, 0.25) is 0 Å². The van der Waals surface area contributed by atoms with Crippen molar-refractivity contribution in [2.45, 2.75) is 6.42 Å². The van der Waals surface area contributed by atoms with Crippen LogP contribution < -0.4 is 9.47 Å². The smallest absolute Gasteiger partial charge is 0.119 e. The molecule has 2 nitrogen and oxygen atoms in total. The van der Waals surface area contributed by atoms with Crippen molar-refractivity contribution in [2.75, 3.05) is 13.7 Å². The van der Waals surface area contributed by atoms with Gasteiger partial charge in [0.1, 0.15) is 11.5 Å². The van der Waals surface area contributed by atoms with Crippen LogP contribution in [-0.2, 0) is 6.42 Å². The van der Waals surface area contributed by atoms with Gasteiger partial charge in [0.25, 0.3) is 0 Å². The number of benzene rings is 2. The number of hydrogen-bond donors (Lipinski definition) is 0. The Morgan fingerprint density at radius 1 is 1.00 bits per heavy atom. The van der Waals surface area contributed by atoms with Gasteiger partial charge in [-0.1, -0.05) is 28.1 Å². The summed E-state index contributed by atoms with van der Waals surface area (Å²) in [6.45, 7) is 0.662. The average molecular weight is 307 g/mol. The van der Waals surface area contributed by atoms with E-state index in [1.165, 1.54) is 5.56 Å². The first-order valence-corrected chi connectivity index (χ1v) is 6.58. The van der Waals surface area contributed by atoms with Gasteiger partial charge in [-0.05, 0) is 42.0 Å². The molecule has 2 rings (SSSR count). The lowest BCUT2D eigenvalue weighted by atomic mass is 10.1. The van der Waals surface area contributed by atoms with Crippen molar-refractivity contribution < 1.29 is 9.47 Å². The predicted octanol–water partition coefficient (Wildman–Crippen LogP) is 4.08. The SMILES string of the molecule is COc1cccc(CCOc2ccc(Br)cc2)c1. The van der Waals surface area contributed by atoms with Gasteiger partial charge in [0, 0.05) is 10.9 Å². The Kier molecular flexibility index (Phi) is 4.65. The largest absolute Gasteiger partial charge is 0.497 e. The number of halogens is 1. The van der Waals surface area contributed by atoms with Crippen LogP contribution in [0.5, 0.6) is 11.5 Å². The molecule has 0 bridgehead atoms. The third-order valence-electron chi connectivity index (χ3n) is 2.61. The Morgan fingerprint density at radius 2 is 1.78 bits per heavy atom. The third-order valence-corrected chi connectivity index (χ3v) is 3.14. The Bertz CT molecular complexity index is 494. The summed E-state index contributed by atoms with van der Waals surface area (Å²) < 4.78 is 11.9. The molecule has 0 aliphatic carbocycles. The van der Waals surface area contributed by atoms with Gasteiger partial charge in [-0.15, -0.1) is 0 Å². The van der Waals surface area contributed by atoms with Crippen molar-refractivity contribution in [3.05, 3.63) is 58.6 Å². The van der Waals surface area contributed by atoms with Gasteiger partial charge in [-0.2, -0.15) is 0 Å². The molecule has 2 aromatic carbocycles. The number of ether oxygens (including phenoxy) is 2. The first-order chi connectivity index (χ1) is 8.78. The minimum atomic E-state index is 0.662. The molecule has 0 heterocycles. The van der Waals surface area contributed by atoms with Crippen LogP contribution in [0.1, 0.15) is 5.56 Å². The van der Waals surface area contributed by atoms with Gasteiger partial charge in [0.15, 0.2) is 0 Å². The highest BCUT2D eigenvalue weighted by molar-refractivity contribution is 9.10. The molecule has 0 fully saturated rings. The molecule has 0 saturated carbocycles. The van der Waals surface area contributed by atoms with Crippen molar-refractivity contribution in [3.8, 4) is 11.5 Å². The number of hydrogen-bond acceptors (Lipinski definition) is 2. The summed E-state index contributed by atoms with van der Waals surface area (Å²) in [6.07, 6.45) is 0.868. The molecule has 0 unspecified atom stereocenters. The highest BCUT2D eigenvalue weighted by Crippen LogP contribution is 2.17. The van der Waals surface area contributed by atoms with Crippen molar-refractivity contribution in [2.24, 2.45) is 0 Å². The minimum Gasteiger partial charge on any atom is -0.497 e. The fourth-order valence-corrected chi connectivity index (χ4v) is 1.91. The van der Waals surface area contributed by atoms with Gasteiger partial charge in [-0.3, -0.25) is 0 Å². The highest BCUT2D eigenvalue weighted by atomic mass is 79.9. The number of rotatable bonds is 5. The van der Waals surface area contributed by atoms with Crippen LogP contribution in [0.3, 0.4) is 0 Å². The van der Waals surface area contributed by atoms with Crippen LogP contribution in [0.2, 0.25) is 0 Å². The molecule has 94 valence electrons. The number of methoxy groups -OCH3 is 1. The lowest BCUT2D eigenvalue weighted by Crippen LogP contribution is -2.01. The monoisotopic (exact) mass is 306 g/mol. The molecule has 2 aromatic rings. The Hall–Kier alpha value is -1.48. The first-order valence-electron chi connectivity index (χ1n) is 5.79. The van der Waals surface area contributed by atoms with E-state index in [0.29, 0.717) is 6.61 Å². The van der Waals surface area contributed by atoms with E-state index in [9.17, 15) is 0 Å². The van der Waals surface area contributed by atoms with Crippen molar-refractivity contribution >= 4 is 15.9 Å². The second-order valence-corrected chi connectivity index (χ2v) is 4.82. The van der Waals surface area contributed by atoms with E-state index in [-0.39, 0.29) is 0 Å². The zero-order chi connectivity index (χ0) is 12.8. The lowest BCUT2D eigenvalue weighted by molar-refractivity contribution is 0.321. The Labute approximate surface area is 116 Å². The van der Waals surface area contributed by atoms with E-state index in [4.69, 9.17) is 9.47 Å². The molecule has 0 N–H and O–H groups in total. The maximum absolute atomic E-state index is 5.68. The summed E-state index contributed by atoms with van der Waals surface area (Å²) in [6, 6.07) is 15.9. The van der Waals surface area contributed by atoms with Crippen LogP contribution >= 0.6 is 15.9 Å². The van der Waals surface area contributed by atoms with E-state index in [2.05, 4.69) is 22.0 Å². The molecule has 3 heteroatoms. The van der Waals surface area contributed by atoms with Crippen LogP contribution in [0.4, 0.5) is 0 Å². The molecule has 0 spiro atoms. The maximum Gasteiger partial charge on any atom is 0.119 e. The molecule has 0 aliphatic heterocycles. The van der Waals surface area contributed by atoms with Crippen LogP contribution in [0.25, 0.3) is 0 Å². The van der Waals surface area contributed by atoms with Crippen molar-refractivity contribution in [1.82, 2.24) is 0 Å². The van der Waals surface area contributed by atoms with E-state index >= 15 is 0 Å². The van der Waals surface area contributed by atoms with E-state index in [0.717, 1.165) is 22.4 Å². The fraction of sp³-hybridized carbons (Fsp3) is 0.200. The molecule has 0 radical (unpaired) electrons. The molecule has 0 aromatic heterocycles. The third kappa shape index (κ3) is 3.77. The minimum absolute atomic E-state index is 0.662. The first kappa shape index (κ1) is 13.0. The second kappa shape index (κ2) is 6.45. The van der Waals surface area contributed by atoms with Crippen LogP contribution in [0, 0.1) is 0 Å². The van der Waals surface area contributed by atoms with E-state index < -0.39 is 0 Å². The van der Waals surface area contributed by atoms with Crippen molar-refractivity contribution in [1.29, 1.82) is 0 Å². The molecule has 18 heavy (non-hydrogen) atoms. The highest BCUT2D eigenvalue weighted by Gasteiger charge is 1.98. The molecule has 0 atom stereocenters. The normalized spacial score (nSPS) is 10.1. The summed E-state index contributed by atoms with van der Waals surface area (Å²) in [4.78, 5) is 0. The lowest BCUT2D eigenvalue weighted by Gasteiger charge is -2.07. The Balaban J connectivity index is 1.86. The summed E-state index contributed by atoms with van der Waals surface area (Å²) in [5.41, 5.74) is 1.21. The van der Waals surface area contributed by atoms with Gasteiger partial charge < -0.3 is 9.47 Å². The molecular formula is C15H15BrO2. The molecule has 0 saturated heterocycles. The Morgan fingerprint density at radius 3 is 2.50 bits per heavy atom. The average Bonchev–Trinajstić information content (AvgIpc) is 2.41. The molecule has 0 aliphatic rings. The fourth-order valence-electron chi connectivity index (χ4n) is 1.65. The standard InChI is InChI=1S/C15H15BrO2/c1-17-15-4-2-3-12(11-15)9-10-18-14-7-5-13(16)6-8-14/h2-8,11H,9-10H2,1H3. The summed E-state index contributed by atoms with van der Waals surface area (Å²) in [5, 5.41) is 0. The van der Waals surface area contributed by atoms with Crippen molar-refractivity contribution in [3.63, 3.8) is 0 Å². The summed E-state index contributed by atoms with van der Waals surface area (Å²) in [5.74, 6) is 1.78. The van der Waals surface area contributed by atoms with Gasteiger partial charge in [-0.25, -0.2) is 0 Å². The van der Waals surface area contributed by atoms with E-state index in [1.807, 2.05) is 42.5 Å². The van der Waals surface area contributed by atoms with E-state index in [1.54, 1.807) is 7.11 Å². The molecular weight excluding hydrogens is 292 g/mol. The zero-order valence-corrected chi connectivity index (χ0v) is 11.8. The topological polar surface area (TPSA) is 18.5 Å². The quantitative estimate of drug-likeness (QED) is 0.828. The van der Waals surface area contributed by atoms with Gasteiger partial charge >= 0.3 is 0 Å². The zero-order valence-electron chi connectivity index (χ0n) is 10.2. The molecule has 0 amide bonds. The van der Waals surface area contributed by atoms with Crippen LogP contribution in [0.15, 0.2) is 53.0 Å². The summed E-state index contributed by atoms with van der Waals surface area (Å²) >= 11 is 3.40. The maximum atomic E-state index is 5.68. The van der Waals surface area contributed by atoms with Gasteiger partial charge in [0.05, 0.1) is 13.7 Å². The summed E-state index contributed by atoms with van der Waals surface area (Å²) in [7, 11) is 1.68.